The fourth-order valence-corrected chi connectivity index (χ4v) is 2.69. The highest BCUT2D eigenvalue weighted by atomic mass is 16.4. The maximum absolute atomic E-state index is 12.3. The number of furan rings is 1. The Labute approximate surface area is 124 Å². The van der Waals surface area contributed by atoms with Crippen LogP contribution in [0.3, 0.4) is 0 Å². The van der Waals surface area contributed by atoms with Crippen LogP contribution in [0.25, 0.3) is 0 Å². The number of hydrogen-bond acceptors (Lipinski definition) is 3. The Morgan fingerprint density at radius 1 is 1.38 bits per heavy atom. The molecule has 6 heteroatoms. The molecular formula is C15H22N2O4. The molecule has 6 nitrogen and oxygen atoms in total. The van der Waals surface area contributed by atoms with Crippen molar-refractivity contribution < 1.29 is 19.1 Å². The molecule has 0 unspecified atom stereocenters. The summed E-state index contributed by atoms with van der Waals surface area (Å²) in [6.07, 6.45) is 6.44. The van der Waals surface area contributed by atoms with E-state index in [0.717, 1.165) is 31.4 Å². The third kappa shape index (κ3) is 4.81. The summed E-state index contributed by atoms with van der Waals surface area (Å²) in [5, 5.41) is 11.4. The van der Waals surface area contributed by atoms with Crippen molar-refractivity contribution in [3.63, 3.8) is 0 Å². The number of aliphatic carboxylic acids is 1. The summed E-state index contributed by atoms with van der Waals surface area (Å²) in [6.45, 7) is 0.842. The monoisotopic (exact) mass is 294 g/mol. The van der Waals surface area contributed by atoms with E-state index in [4.69, 9.17) is 9.52 Å². The van der Waals surface area contributed by atoms with Crippen molar-refractivity contribution >= 4 is 12.0 Å². The average Bonchev–Trinajstić information content (AvgIpc) is 3.12. The highest BCUT2D eigenvalue weighted by molar-refractivity contribution is 5.74. The van der Waals surface area contributed by atoms with Crippen molar-refractivity contribution in [3.05, 3.63) is 24.2 Å². The summed E-state index contributed by atoms with van der Waals surface area (Å²) in [5.41, 5.74) is 0. The van der Waals surface area contributed by atoms with Gasteiger partial charge in [0.2, 0.25) is 0 Å². The average molecular weight is 294 g/mol. The van der Waals surface area contributed by atoms with Crippen LogP contribution < -0.4 is 5.32 Å². The van der Waals surface area contributed by atoms with Crippen LogP contribution in [0.15, 0.2) is 22.8 Å². The fourth-order valence-electron chi connectivity index (χ4n) is 2.69. The third-order valence-corrected chi connectivity index (χ3v) is 3.78. The van der Waals surface area contributed by atoms with Gasteiger partial charge in [-0.05, 0) is 31.4 Å². The first-order valence-electron chi connectivity index (χ1n) is 7.45. The number of carbonyl (C=O) groups is 2. The number of urea groups is 1. The second kappa shape index (κ2) is 7.71. The third-order valence-electron chi connectivity index (χ3n) is 3.78. The van der Waals surface area contributed by atoms with Crippen LogP contribution in [0.2, 0.25) is 0 Å². The van der Waals surface area contributed by atoms with Gasteiger partial charge >= 0.3 is 12.0 Å². The molecule has 1 fully saturated rings. The van der Waals surface area contributed by atoms with Gasteiger partial charge in [0, 0.05) is 19.0 Å². The molecule has 1 aliphatic carbocycles. The lowest BCUT2D eigenvalue weighted by atomic mass is 10.2. The zero-order valence-corrected chi connectivity index (χ0v) is 12.1. The molecule has 0 atom stereocenters. The maximum Gasteiger partial charge on any atom is 0.318 e. The lowest BCUT2D eigenvalue weighted by Crippen LogP contribution is -2.45. The van der Waals surface area contributed by atoms with Gasteiger partial charge in [-0.2, -0.15) is 0 Å². The highest BCUT2D eigenvalue weighted by Gasteiger charge is 2.27. The lowest BCUT2D eigenvalue weighted by Gasteiger charge is -2.28. The van der Waals surface area contributed by atoms with Crippen molar-refractivity contribution in [2.75, 3.05) is 6.54 Å². The van der Waals surface area contributed by atoms with Gasteiger partial charge in [0.05, 0.1) is 12.8 Å². The Kier molecular flexibility index (Phi) is 5.66. The van der Waals surface area contributed by atoms with E-state index in [-0.39, 0.29) is 18.5 Å². The minimum atomic E-state index is -0.840. The SMILES string of the molecule is O=C(O)CCCNC(=O)N(Cc1ccco1)C1CCCC1. The summed E-state index contributed by atoms with van der Waals surface area (Å²) in [5.74, 6) is -0.0740. The van der Waals surface area contributed by atoms with E-state index in [0.29, 0.717) is 19.5 Å². The number of nitrogens with one attached hydrogen (secondary N) is 1. The lowest BCUT2D eigenvalue weighted by molar-refractivity contribution is -0.137. The predicted molar refractivity (Wildman–Crippen MR) is 76.8 cm³/mol. The molecule has 1 aromatic heterocycles. The zero-order valence-electron chi connectivity index (χ0n) is 12.1. The molecule has 1 aliphatic rings. The van der Waals surface area contributed by atoms with E-state index in [9.17, 15) is 9.59 Å². The molecule has 0 saturated heterocycles. The van der Waals surface area contributed by atoms with E-state index < -0.39 is 5.97 Å². The van der Waals surface area contributed by atoms with Crippen LogP contribution in [0.1, 0.15) is 44.3 Å². The molecule has 0 bridgehead atoms. The molecule has 1 saturated carbocycles. The first kappa shape index (κ1) is 15.4. The minimum absolute atomic E-state index is 0.0713. The van der Waals surface area contributed by atoms with Crippen molar-refractivity contribution in [1.29, 1.82) is 0 Å². The smallest absolute Gasteiger partial charge is 0.318 e. The molecule has 1 heterocycles. The normalized spacial score (nSPS) is 15.0. The van der Waals surface area contributed by atoms with Crippen LogP contribution >= 0.6 is 0 Å². The van der Waals surface area contributed by atoms with Gasteiger partial charge in [-0.1, -0.05) is 12.8 Å². The van der Waals surface area contributed by atoms with Crippen LogP contribution in [-0.2, 0) is 11.3 Å². The molecular weight excluding hydrogens is 272 g/mol. The molecule has 0 aliphatic heterocycles. The van der Waals surface area contributed by atoms with Gasteiger partial charge in [0.1, 0.15) is 5.76 Å². The first-order valence-corrected chi connectivity index (χ1v) is 7.45. The van der Waals surface area contributed by atoms with Crippen molar-refractivity contribution in [2.24, 2.45) is 0 Å². The standard InChI is InChI=1S/C15H22N2O4/c18-14(19)8-3-9-16-15(20)17(12-5-1-2-6-12)11-13-7-4-10-21-13/h4,7,10,12H,1-3,5-6,8-9,11H2,(H,16,20)(H,18,19). The van der Waals surface area contributed by atoms with Gasteiger partial charge in [-0.3, -0.25) is 4.79 Å². The summed E-state index contributed by atoms with van der Waals surface area (Å²) in [4.78, 5) is 24.6. The van der Waals surface area contributed by atoms with E-state index in [1.54, 1.807) is 6.26 Å². The van der Waals surface area contributed by atoms with Gasteiger partial charge < -0.3 is 19.7 Å². The van der Waals surface area contributed by atoms with E-state index in [1.807, 2.05) is 17.0 Å². The Morgan fingerprint density at radius 2 is 2.14 bits per heavy atom. The molecule has 116 valence electrons. The summed E-state index contributed by atoms with van der Waals surface area (Å²) >= 11 is 0. The number of rotatable bonds is 7. The van der Waals surface area contributed by atoms with E-state index in [2.05, 4.69) is 5.32 Å². The number of hydrogen-bond donors (Lipinski definition) is 2. The van der Waals surface area contributed by atoms with Crippen molar-refractivity contribution in [1.82, 2.24) is 10.2 Å². The van der Waals surface area contributed by atoms with Crippen LogP contribution in [-0.4, -0.2) is 34.6 Å². The molecule has 0 radical (unpaired) electrons. The minimum Gasteiger partial charge on any atom is -0.481 e. The summed E-state index contributed by atoms with van der Waals surface area (Å²) < 4.78 is 5.33. The van der Waals surface area contributed by atoms with Crippen LogP contribution in [0.4, 0.5) is 4.79 Å². The van der Waals surface area contributed by atoms with Crippen molar-refractivity contribution in [2.45, 2.75) is 51.1 Å². The summed E-state index contributed by atoms with van der Waals surface area (Å²) in [6, 6.07) is 3.78. The Hall–Kier alpha value is -1.98. The zero-order chi connectivity index (χ0) is 15.1. The number of carboxylic acid groups (broad SMARTS) is 1. The largest absolute Gasteiger partial charge is 0.481 e. The number of nitrogens with zero attached hydrogens (tertiary/aromatic N) is 1. The van der Waals surface area contributed by atoms with Gasteiger partial charge in [0.25, 0.3) is 0 Å². The molecule has 21 heavy (non-hydrogen) atoms. The second-order valence-electron chi connectivity index (χ2n) is 5.37. The maximum atomic E-state index is 12.3. The van der Waals surface area contributed by atoms with Crippen molar-refractivity contribution in [3.8, 4) is 0 Å². The highest BCUT2D eigenvalue weighted by Crippen LogP contribution is 2.25. The number of amides is 2. The Bertz CT molecular complexity index is 452. The number of carboxylic acids is 1. The molecule has 2 rings (SSSR count). The van der Waals surface area contributed by atoms with Gasteiger partial charge in [-0.15, -0.1) is 0 Å². The topological polar surface area (TPSA) is 82.8 Å². The molecule has 1 aromatic rings. The molecule has 0 spiro atoms. The Morgan fingerprint density at radius 3 is 2.76 bits per heavy atom. The second-order valence-corrected chi connectivity index (χ2v) is 5.37. The van der Waals surface area contributed by atoms with Gasteiger partial charge in [-0.25, -0.2) is 4.79 Å². The molecule has 2 N–H and O–H groups in total. The predicted octanol–water partition coefficient (Wildman–Crippen LogP) is 2.60. The first-order chi connectivity index (χ1) is 10.2. The molecule has 2 amide bonds. The van der Waals surface area contributed by atoms with E-state index in [1.165, 1.54) is 0 Å². The van der Waals surface area contributed by atoms with Gasteiger partial charge in [0.15, 0.2) is 0 Å². The summed E-state index contributed by atoms with van der Waals surface area (Å²) in [7, 11) is 0. The Balaban J connectivity index is 1.87. The van der Waals surface area contributed by atoms with Crippen LogP contribution in [0, 0.1) is 0 Å². The fraction of sp³-hybridized carbons (Fsp3) is 0.600. The number of carbonyl (C=O) groups excluding carboxylic acids is 1. The van der Waals surface area contributed by atoms with E-state index >= 15 is 0 Å². The van der Waals surface area contributed by atoms with Crippen LogP contribution in [0.5, 0.6) is 0 Å². The molecule has 0 aromatic carbocycles. The quantitative estimate of drug-likeness (QED) is 0.757.